The highest BCUT2D eigenvalue weighted by Crippen LogP contribution is 2.29. The second-order valence-corrected chi connectivity index (χ2v) is 6.48. The van der Waals surface area contributed by atoms with Gasteiger partial charge in [0.25, 0.3) is 0 Å². The lowest BCUT2D eigenvalue weighted by Crippen LogP contribution is -2.23. The SMILES string of the molecule is CC(C)C(Cn1nnnc1-c1cc(N)ccc1Cl)C(C)C. The average Bonchev–Trinajstić information content (AvgIpc) is 2.86. The second kappa shape index (κ2) is 6.43. The van der Waals surface area contributed by atoms with Crippen LogP contribution in [0.4, 0.5) is 5.69 Å². The first-order valence-corrected chi connectivity index (χ1v) is 7.59. The Bertz CT molecular complexity index is 598. The number of halogens is 1. The first-order valence-electron chi connectivity index (χ1n) is 7.21. The Kier molecular flexibility index (Phi) is 4.83. The highest BCUT2D eigenvalue weighted by atomic mass is 35.5. The third kappa shape index (κ3) is 3.53. The fourth-order valence-electron chi connectivity index (χ4n) is 2.63. The number of aromatic nitrogens is 4. The van der Waals surface area contributed by atoms with E-state index in [4.69, 9.17) is 17.3 Å². The van der Waals surface area contributed by atoms with Crippen LogP contribution < -0.4 is 5.73 Å². The van der Waals surface area contributed by atoms with Gasteiger partial charge in [0.05, 0.1) is 5.02 Å². The third-order valence-electron chi connectivity index (χ3n) is 3.86. The molecule has 2 rings (SSSR count). The van der Waals surface area contributed by atoms with Crippen molar-refractivity contribution in [3.05, 3.63) is 23.2 Å². The Morgan fingerprint density at radius 2 is 1.86 bits per heavy atom. The van der Waals surface area contributed by atoms with E-state index >= 15 is 0 Å². The van der Waals surface area contributed by atoms with Crippen LogP contribution in [0, 0.1) is 17.8 Å². The molecular formula is C15H22ClN5. The van der Waals surface area contributed by atoms with Gasteiger partial charge in [0.1, 0.15) is 0 Å². The number of hydrogen-bond acceptors (Lipinski definition) is 4. The molecule has 1 aromatic heterocycles. The molecule has 2 N–H and O–H groups in total. The zero-order valence-corrected chi connectivity index (χ0v) is 13.7. The quantitative estimate of drug-likeness (QED) is 0.858. The van der Waals surface area contributed by atoms with Crippen LogP contribution >= 0.6 is 11.6 Å². The molecule has 0 bridgehead atoms. The van der Waals surface area contributed by atoms with E-state index in [1.807, 2.05) is 10.7 Å². The molecule has 2 aromatic rings. The summed E-state index contributed by atoms with van der Waals surface area (Å²) in [5.74, 6) is 2.27. The van der Waals surface area contributed by atoms with E-state index in [2.05, 4.69) is 43.2 Å². The van der Waals surface area contributed by atoms with Gasteiger partial charge in [0.15, 0.2) is 5.82 Å². The highest BCUT2D eigenvalue weighted by molar-refractivity contribution is 6.33. The lowest BCUT2D eigenvalue weighted by molar-refractivity contribution is 0.242. The van der Waals surface area contributed by atoms with Gasteiger partial charge in [-0.3, -0.25) is 0 Å². The number of nitrogen functional groups attached to an aromatic ring is 1. The van der Waals surface area contributed by atoms with Gasteiger partial charge in [-0.15, -0.1) is 5.10 Å². The van der Waals surface area contributed by atoms with E-state index in [-0.39, 0.29) is 0 Å². The van der Waals surface area contributed by atoms with Gasteiger partial charge in [-0.2, -0.15) is 0 Å². The Morgan fingerprint density at radius 3 is 2.48 bits per heavy atom. The number of benzene rings is 1. The molecule has 0 unspecified atom stereocenters. The maximum atomic E-state index is 6.26. The summed E-state index contributed by atoms with van der Waals surface area (Å²) < 4.78 is 1.82. The fourth-order valence-corrected chi connectivity index (χ4v) is 2.83. The Hall–Kier alpha value is -1.62. The number of rotatable bonds is 5. The van der Waals surface area contributed by atoms with Gasteiger partial charge in [0, 0.05) is 17.8 Å². The summed E-state index contributed by atoms with van der Waals surface area (Å²) in [6.45, 7) is 9.66. The topological polar surface area (TPSA) is 69.6 Å². The molecule has 0 aliphatic carbocycles. The second-order valence-electron chi connectivity index (χ2n) is 6.08. The molecule has 0 amide bonds. The van der Waals surface area contributed by atoms with Gasteiger partial charge in [-0.1, -0.05) is 39.3 Å². The van der Waals surface area contributed by atoms with Crippen molar-refractivity contribution < 1.29 is 0 Å². The molecule has 0 fully saturated rings. The van der Waals surface area contributed by atoms with Gasteiger partial charge in [0.2, 0.25) is 0 Å². The summed E-state index contributed by atoms with van der Waals surface area (Å²) in [6.07, 6.45) is 0. The van der Waals surface area contributed by atoms with Crippen molar-refractivity contribution in [1.29, 1.82) is 0 Å². The third-order valence-corrected chi connectivity index (χ3v) is 4.19. The van der Waals surface area contributed by atoms with Crippen LogP contribution in [0.3, 0.4) is 0 Å². The zero-order chi connectivity index (χ0) is 15.6. The van der Waals surface area contributed by atoms with Crippen LogP contribution in [0.1, 0.15) is 27.7 Å². The molecule has 0 atom stereocenters. The van der Waals surface area contributed by atoms with E-state index in [0.717, 1.165) is 12.1 Å². The number of nitrogens with two attached hydrogens (primary N) is 1. The van der Waals surface area contributed by atoms with Crippen LogP contribution in [-0.4, -0.2) is 20.2 Å². The van der Waals surface area contributed by atoms with Crippen molar-refractivity contribution in [1.82, 2.24) is 20.2 Å². The summed E-state index contributed by atoms with van der Waals surface area (Å²) in [6, 6.07) is 5.35. The minimum absolute atomic E-state index is 0.493. The zero-order valence-electron chi connectivity index (χ0n) is 12.9. The largest absolute Gasteiger partial charge is 0.399 e. The predicted molar refractivity (Wildman–Crippen MR) is 85.8 cm³/mol. The summed E-state index contributed by atoms with van der Waals surface area (Å²) >= 11 is 6.26. The van der Waals surface area contributed by atoms with Crippen molar-refractivity contribution in [2.24, 2.45) is 17.8 Å². The van der Waals surface area contributed by atoms with Crippen molar-refractivity contribution in [3.8, 4) is 11.4 Å². The lowest BCUT2D eigenvalue weighted by atomic mass is 9.85. The molecule has 5 nitrogen and oxygen atoms in total. The molecule has 0 radical (unpaired) electrons. The minimum atomic E-state index is 0.493. The van der Waals surface area contributed by atoms with Crippen LogP contribution in [0.15, 0.2) is 18.2 Å². The smallest absolute Gasteiger partial charge is 0.183 e. The first-order chi connectivity index (χ1) is 9.90. The van der Waals surface area contributed by atoms with Crippen LogP contribution in [0.25, 0.3) is 11.4 Å². The van der Waals surface area contributed by atoms with Crippen molar-refractivity contribution in [2.45, 2.75) is 34.2 Å². The summed E-state index contributed by atoms with van der Waals surface area (Å²) in [7, 11) is 0. The molecule has 6 heteroatoms. The van der Waals surface area contributed by atoms with Gasteiger partial charge in [-0.05, 0) is 46.4 Å². The molecule has 21 heavy (non-hydrogen) atoms. The summed E-state index contributed by atoms with van der Waals surface area (Å²) in [5, 5.41) is 12.7. The van der Waals surface area contributed by atoms with Crippen LogP contribution in [0.5, 0.6) is 0 Å². The number of tetrazole rings is 1. The lowest BCUT2D eigenvalue weighted by Gasteiger charge is -2.24. The van der Waals surface area contributed by atoms with Crippen molar-refractivity contribution >= 4 is 17.3 Å². The summed E-state index contributed by atoms with van der Waals surface area (Å²) in [5.41, 5.74) is 7.26. The van der Waals surface area contributed by atoms with E-state index < -0.39 is 0 Å². The van der Waals surface area contributed by atoms with E-state index in [1.165, 1.54) is 0 Å². The maximum Gasteiger partial charge on any atom is 0.183 e. The standard InChI is InChI=1S/C15H22ClN5/c1-9(2)13(10(3)4)8-21-15(18-19-20-21)12-7-11(17)5-6-14(12)16/h5-7,9-10,13H,8,17H2,1-4H3. The number of nitrogens with zero attached hydrogens (tertiary/aromatic N) is 4. The molecule has 1 aromatic carbocycles. The number of anilines is 1. The molecule has 0 saturated carbocycles. The average molecular weight is 308 g/mol. The van der Waals surface area contributed by atoms with Gasteiger partial charge >= 0.3 is 0 Å². The molecule has 0 aliphatic heterocycles. The highest BCUT2D eigenvalue weighted by Gasteiger charge is 2.21. The monoisotopic (exact) mass is 307 g/mol. The first kappa shape index (κ1) is 15.8. The maximum absolute atomic E-state index is 6.26. The molecule has 0 saturated heterocycles. The van der Waals surface area contributed by atoms with E-state index in [1.54, 1.807) is 12.1 Å². The van der Waals surface area contributed by atoms with Gasteiger partial charge in [-0.25, -0.2) is 4.68 Å². The minimum Gasteiger partial charge on any atom is -0.399 e. The predicted octanol–water partition coefficient (Wildman–Crippen LogP) is 3.50. The number of hydrogen-bond donors (Lipinski definition) is 1. The Balaban J connectivity index is 2.36. The van der Waals surface area contributed by atoms with E-state index in [9.17, 15) is 0 Å². The molecule has 1 heterocycles. The van der Waals surface area contributed by atoms with Gasteiger partial charge < -0.3 is 5.73 Å². The van der Waals surface area contributed by atoms with Crippen LogP contribution in [-0.2, 0) is 6.54 Å². The fraction of sp³-hybridized carbons (Fsp3) is 0.533. The van der Waals surface area contributed by atoms with Crippen molar-refractivity contribution in [3.63, 3.8) is 0 Å². The molecule has 114 valence electrons. The molecule has 0 aliphatic rings. The van der Waals surface area contributed by atoms with E-state index in [0.29, 0.717) is 34.3 Å². The Morgan fingerprint density at radius 1 is 1.19 bits per heavy atom. The molecular weight excluding hydrogens is 286 g/mol. The van der Waals surface area contributed by atoms with Crippen LogP contribution in [0.2, 0.25) is 5.02 Å². The molecule has 0 spiro atoms. The summed E-state index contributed by atoms with van der Waals surface area (Å²) in [4.78, 5) is 0. The normalized spacial score (nSPS) is 11.8. The van der Waals surface area contributed by atoms with Crippen molar-refractivity contribution in [2.75, 3.05) is 5.73 Å². The Labute approximate surface area is 130 Å².